The lowest BCUT2D eigenvalue weighted by atomic mass is 10.0. The number of methoxy groups -OCH3 is 1. The molecule has 0 unspecified atom stereocenters. The highest BCUT2D eigenvalue weighted by molar-refractivity contribution is 9.10. The van der Waals surface area contributed by atoms with Crippen molar-refractivity contribution in [2.24, 2.45) is 0 Å². The number of para-hydroxylation sites is 1. The lowest BCUT2D eigenvalue weighted by molar-refractivity contribution is 0.102. The van der Waals surface area contributed by atoms with Crippen LogP contribution in [0.25, 0.3) is 22.1 Å². The second-order valence-electron chi connectivity index (χ2n) is 6.94. The van der Waals surface area contributed by atoms with Gasteiger partial charge >= 0.3 is 5.63 Å². The Morgan fingerprint density at radius 1 is 1.06 bits per heavy atom. The first-order valence-electron chi connectivity index (χ1n) is 9.35. The van der Waals surface area contributed by atoms with Gasteiger partial charge in [0.25, 0.3) is 5.91 Å². The van der Waals surface area contributed by atoms with Gasteiger partial charge in [-0.3, -0.25) is 4.79 Å². The average Bonchev–Trinajstić information content (AvgIpc) is 2.73. The van der Waals surface area contributed by atoms with E-state index in [1.807, 2.05) is 25.1 Å². The fraction of sp³-hybridized carbons (Fsp3) is 0.0833. The quantitative estimate of drug-likeness (QED) is 0.329. The van der Waals surface area contributed by atoms with Crippen molar-refractivity contribution in [2.75, 3.05) is 12.4 Å². The Hall–Kier alpha value is -3.09. The Bertz CT molecular complexity index is 1380. The summed E-state index contributed by atoms with van der Waals surface area (Å²) in [6.07, 6.45) is 0. The summed E-state index contributed by atoms with van der Waals surface area (Å²) < 4.78 is 11.6. The van der Waals surface area contributed by atoms with Crippen molar-refractivity contribution in [1.82, 2.24) is 0 Å². The summed E-state index contributed by atoms with van der Waals surface area (Å²) in [5.74, 6) is 0.160. The number of hydrogen-bond donors (Lipinski definition) is 1. The van der Waals surface area contributed by atoms with Gasteiger partial charge in [-0.1, -0.05) is 51.8 Å². The third-order valence-electron chi connectivity index (χ3n) is 4.85. The highest BCUT2D eigenvalue weighted by atomic mass is 79.9. The molecule has 1 amide bonds. The molecule has 0 fully saturated rings. The molecule has 0 radical (unpaired) electrons. The molecule has 0 aliphatic heterocycles. The molecule has 4 rings (SSSR count). The van der Waals surface area contributed by atoms with Crippen LogP contribution in [0.3, 0.4) is 0 Å². The van der Waals surface area contributed by atoms with Crippen molar-refractivity contribution in [1.29, 1.82) is 0 Å². The molecule has 4 aromatic rings. The number of ether oxygens (including phenoxy) is 1. The van der Waals surface area contributed by atoms with E-state index in [1.54, 1.807) is 42.5 Å². The number of amides is 1. The van der Waals surface area contributed by atoms with Crippen LogP contribution in [0.2, 0.25) is 5.02 Å². The minimum atomic E-state index is -0.480. The average molecular weight is 499 g/mol. The van der Waals surface area contributed by atoms with Gasteiger partial charge < -0.3 is 14.5 Å². The fourth-order valence-corrected chi connectivity index (χ4v) is 4.28. The summed E-state index contributed by atoms with van der Waals surface area (Å²) in [6, 6.07) is 17.5. The van der Waals surface area contributed by atoms with Crippen LogP contribution in [0.4, 0.5) is 5.69 Å². The second-order valence-corrected chi connectivity index (χ2v) is 8.26. The molecule has 5 nitrogen and oxygen atoms in total. The van der Waals surface area contributed by atoms with Crippen molar-refractivity contribution in [2.45, 2.75) is 6.92 Å². The maximum atomic E-state index is 12.8. The van der Waals surface area contributed by atoms with E-state index in [0.717, 1.165) is 15.4 Å². The Labute approximate surface area is 191 Å². The molecule has 0 saturated carbocycles. The molecule has 31 heavy (non-hydrogen) atoms. The highest BCUT2D eigenvalue weighted by Gasteiger charge is 2.17. The van der Waals surface area contributed by atoms with Gasteiger partial charge in [-0.15, -0.1) is 0 Å². The highest BCUT2D eigenvalue weighted by Crippen LogP contribution is 2.32. The summed E-state index contributed by atoms with van der Waals surface area (Å²) >= 11 is 9.87. The predicted octanol–water partition coefficient (Wildman–Crippen LogP) is 6.45. The monoisotopic (exact) mass is 497 g/mol. The maximum Gasteiger partial charge on any atom is 0.344 e. The molecule has 0 aliphatic rings. The zero-order valence-electron chi connectivity index (χ0n) is 16.7. The van der Waals surface area contributed by atoms with Crippen LogP contribution in [-0.4, -0.2) is 13.0 Å². The topological polar surface area (TPSA) is 68.5 Å². The van der Waals surface area contributed by atoms with E-state index in [0.29, 0.717) is 38.7 Å². The number of anilines is 1. The minimum Gasteiger partial charge on any atom is -0.496 e. The fourth-order valence-electron chi connectivity index (χ4n) is 3.43. The number of carbonyl (C=O) groups excluding carboxylic acids is 1. The molecule has 0 atom stereocenters. The van der Waals surface area contributed by atoms with Crippen molar-refractivity contribution >= 4 is 50.1 Å². The maximum absolute atomic E-state index is 12.8. The number of halogens is 2. The predicted molar refractivity (Wildman–Crippen MR) is 126 cm³/mol. The first kappa shape index (κ1) is 21.2. The van der Waals surface area contributed by atoms with E-state index < -0.39 is 5.63 Å². The zero-order chi connectivity index (χ0) is 22.1. The largest absolute Gasteiger partial charge is 0.496 e. The van der Waals surface area contributed by atoms with E-state index >= 15 is 0 Å². The van der Waals surface area contributed by atoms with Gasteiger partial charge in [0.1, 0.15) is 11.3 Å². The molecular formula is C24H17BrClNO4. The number of fused-ring (bicyclic) bond motifs is 1. The first-order valence-corrected chi connectivity index (χ1v) is 10.5. The van der Waals surface area contributed by atoms with Gasteiger partial charge in [-0.05, 0) is 48.9 Å². The standard InChI is InChI=1S/C24H17BrClNO4/c1-13-9-15(25)11-19(22(13)30-2)23(28)27-16-7-8-17(20(26)12-16)18-10-14-5-3-4-6-21(14)31-24(18)29/h3-12H,1-2H3,(H,27,28). The van der Waals surface area contributed by atoms with Gasteiger partial charge in [0, 0.05) is 21.1 Å². The van der Waals surface area contributed by atoms with E-state index in [4.69, 9.17) is 20.8 Å². The molecule has 1 N–H and O–H groups in total. The van der Waals surface area contributed by atoms with E-state index in [2.05, 4.69) is 21.2 Å². The Morgan fingerprint density at radius 2 is 1.84 bits per heavy atom. The molecule has 0 bridgehead atoms. The molecular weight excluding hydrogens is 482 g/mol. The van der Waals surface area contributed by atoms with Crippen LogP contribution >= 0.6 is 27.5 Å². The summed E-state index contributed by atoms with van der Waals surface area (Å²) in [7, 11) is 1.52. The molecule has 0 spiro atoms. The van der Waals surface area contributed by atoms with Crippen LogP contribution in [0.5, 0.6) is 5.75 Å². The third kappa shape index (κ3) is 4.22. The molecule has 0 saturated heterocycles. The summed E-state index contributed by atoms with van der Waals surface area (Å²) in [5, 5.41) is 3.94. The molecule has 3 aromatic carbocycles. The number of aryl methyl sites for hydroxylation is 1. The van der Waals surface area contributed by atoms with Crippen LogP contribution in [0.15, 0.2) is 74.3 Å². The molecule has 1 heterocycles. The second kappa shape index (κ2) is 8.57. The number of rotatable bonds is 4. The summed E-state index contributed by atoms with van der Waals surface area (Å²) in [6.45, 7) is 1.86. The van der Waals surface area contributed by atoms with E-state index in [1.165, 1.54) is 7.11 Å². The Balaban J connectivity index is 1.67. The zero-order valence-corrected chi connectivity index (χ0v) is 19.0. The number of nitrogens with one attached hydrogen (secondary N) is 1. The van der Waals surface area contributed by atoms with Crippen LogP contribution in [0, 0.1) is 6.92 Å². The Morgan fingerprint density at radius 3 is 2.58 bits per heavy atom. The van der Waals surface area contributed by atoms with Gasteiger partial charge in [-0.2, -0.15) is 0 Å². The van der Waals surface area contributed by atoms with Gasteiger partial charge in [-0.25, -0.2) is 4.79 Å². The molecule has 156 valence electrons. The normalized spacial score (nSPS) is 10.8. The first-order chi connectivity index (χ1) is 14.9. The SMILES string of the molecule is COc1c(C)cc(Br)cc1C(=O)Nc1ccc(-c2cc3ccccc3oc2=O)c(Cl)c1. The molecule has 7 heteroatoms. The number of hydrogen-bond acceptors (Lipinski definition) is 4. The molecule has 1 aromatic heterocycles. The van der Waals surface area contributed by atoms with Crippen molar-refractivity contribution < 1.29 is 13.9 Å². The van der Waals surface area contributed by atoms with Crippen molar-refractivity contribution in [3.63, 3.8) is 0 Å². The Kier molecular flexibility index (Phi) is 5.85. The van der Waals surface area contributed by atoms with E-state index in [9.17, 15) is 9.59 Å². The van der Waals surface area contributed by atoms with Crippen LogP contribution in [-0.2, 0) is 0 Å². The summed E-state index contributed by atoms with van der Waals surface area (Å²) in [5.41, 5.74) is 2.62. The summed E-state index contributed by atoms with van der Waals surface area (Å²) in [4.78, 5) is 25.3. The van der Waals surface area contributed by atoms with Crippen LogP contribution in [0.1, 0.15) is 15.9 Å². The van der Waals surface area contributed by atoms with Crippen molar-refractivity contribution in [3.05, 3.63) is 91.7 Å². The van der Waals surface area contributed by atoms with Gasteiger partial charge in [0.05, 0.1) is 23.3 Å². The smallest absolute Gasteiger partial charge is 0.344 e. The lowest BCUT2D eigenvalue weighted by Crippen LogP contribution is -2.14. The van der Waals surface area contributed by atoms with Crippen molar-refractivity contribution in [3.8, 4) is 16.9 Å². The van der Waals surface area contributed by atoms with E-state index in [-0.39, 0.29) is 5.91 Å². The van der Waals surface area contributed by atoms with Crippen LogP contribution < -0.4 is 15.7 Å². The lowest BCUT2D eigenvalue weighted by Gasteiger charge is -2.13. The number of benzene rings is 3. The van der Waals surface area contributed by atoms with Gasteiger partial charge in [0.2, 0.25) is 0 Å². The third-order valence-corrected chi connectivity index (χ3v) is 5.62. The minimum absolute atomic E-state index is 0.317. The number of carbonyl (C=O) groups is 1. The van der Waals surface area contributed by atoms with Gasteiger partial charge in [0.15, 0.2) is 0 Å². The molecule has 0 aliphatic carbocycles.